The molecule has 11 nitrogen and oxygen atoms in total. The first-order valence-electron chi connectivity index (χ1n) is 14.6. The van der Waals surface area contributed by atoms with Crippen molar-refractivity contribution in [1.29, 1.82) is 0 Å². The fourth-order valence-electron chi connectivity index (χ4n) is 5.16. The first kappa shape index (κ1) is 32.6. The van der Waals surface area contributed by atoms with Crippen molar-refractivity contribution < 1.29 is 24.3 Å². The summed E-state index contributed by atoms with van der Waals surface area (Å²) in [5.41, 5.74) is 9.41. The van der Waals surface area contributed by atoms with Crippen LogP contribution in [0.4, 0.5) is 0 Å². The van der Waals surface area contributed by atoms with Crippen LogP contribution in [0.1, 0.15) is 31.4 Å². The van der Waals surface area contributed by atoms with Crippen molar-refractivity contribution in [2.24, 2.45) is 11.7 Å². The highest BCUT2D eigenvalue weighted by molar-refractivity contribution is 7.98. The summed E-state index contributed by atoms with van der Waals surface area (Å²) in [6, 6.07) is 11.0. The fourth-order valence-corrected chi connectivity index (χ4v) is 5.64. The Morgan fingerprint density at radius 3 is 1.84 bits per heavy atom. The molecule has 44 heavy (non-hydrogen) atoms. The molecule has 0 bridgehead atoms. The summed E-state index contributed by atoms with van der Waals surface area (Å²) in [4.78, 5) is 58.7. The number of thioether (sulfide) groups is 1. The van der Waals surface area contributed by atoms with E-state index in [9.17, 15) is 24.3 Å². The number of aromatic nitrogens is 2. The van der Waals surface area contributed by atoms with Crippen molar-refractivity contribution in [2.45, 2.75) is 57.3 Å². The van der Waals surface area contributed by atoms with Crippen LogP contribution in [0.5, 0.6) is 0 Å². The minimum absolute atomic E-state index is 0.0526. The number of H-pyrrole nitrogens is 2. The molecule has 0 aliphatic rings. The number of carboxylic acids is 1. The van der Waals surface area contributed by atoms with Crippen molar-refractivity contribution in [1.82, 2.24) is 25.9 Å². The number of hydrogen-bond donors (Lipinski definition) is 7. The van der Waals surface area contributed by atoms with E-state index in [1.165, 1.54) is 0 Å². The van der Waals surface area contributed by atoms with E-state index in [0.29, 0.717) is 12.2 Å². The molecule has 12 heteroatoms. The van der Waals surface area contributed by atoms with Crippen molar-refractivity contribution >= 4 is 57.3 Å². The number of carbonyl (C=O) groups is 4. The maximum Gasteiger partial charge on any atom is 0.326 e. The summed E-state index contributed by atoms with van der Waals surface area (Å²) in [5.74, 6) is -2.55. The van der Waals surface area contributed by atoms with Gasteiger partial charge in [0.25, 0.3) is 0 Å². The highest BCUT2D eigenvalue weighted by atomic mass is 32.2. The van der Waals surface area contributed by atoms with Crippen LogP contribution in [-0.2, 0) is 32.0 Å². The summed E-state index contributed by atoms with van der Waals surface area (Å²) >= 11 is 1.57. The molecule has 234 valence electrons. The Bertz CT molecular complexity index is 1610. The molecule has 0 aliphatic carbocycles. The molecule has 0 radical (unpaired) electrons. The molecular weight excluding hydrogens is 580 g/mol. The van der Waals surface area contributed by atoms with Gasteiger partial charge in [-0.15, -0.1) is 0 Å². The number of fused-ring (bicyclic) bond motifs is 2. The number of nitrogens with one attached hydrogen (secondary N) is 5. The van der Waals surface area contributed by atoms with Gasteiger partial charge in [-0.05, 0) is 47.6 Å². The van der Waals surface area contributed by atoms with Gasteiger partial charge in [-0.1, -0.05) is 50.2 Å². The smallest absolute Gasteiger partial charge is 0.326 e. The van der Waals surface area contributed by atoms with Gasteiger partial charge < -0.3 is 36.8 Å². The standard InChI is InChI=1S/C32H40N6O5S/c1-18(2)28(31(41)37-27(32(42)43)15-20-17-35-25-11-7-5-9-22(20)25)38-30(40)26(36-29(39)23(33)12-13-44-3)14-19-16-34-24-10-6-4-8-21(19)24/h4-11,16-18,23,26-28,34-35H,12-15,33H2,1-3H3,(H,36,39)(H,37,41)(H,38,40)(H,42,43). The molecule has 2 heterocycles. The minimum Gasteiger partial charge on any atom is -0.480 e. The Labute approximate surface area is 260 Å². The maximum atomic E-state index is 13.7. The topological polar surface area (TPSA) is 182 Å². The summed E-state index contributed by atoms with van der Waals surface area (Å²) < 4.78 is 0. The number of aliphatic carboxylic acids is 1. The SMILES string of the molecule is CSCCC(N)C(=O)NC(Cc1c[nH]c2ccccc12)C(=O)NC(C(=O)NC(Cc1c[nH]c2ccccc12)C(=O)O)C(C)C. The average Bonchev–Trinajstić information content (AvgIpc) is 3.61. The van der Waals surface area contributed by atoms with Crippen molar-refractivity contribution in [3.05, 3.63) is 72.1 Å². The van der Waals surface area contributed by atoms with Crippen LogP contribution in [0.3, 0.4) is 0 Å². The third-order valence-electron chi connectivity index (χ3n) is 7.66. The van der Waals surface area contributed by atoms with E-state index < -0.39 is 47.9 Å². The number of hydrogen-bond acceptors (Lipinski definition) is 6. The van der Waals surface area contributed by atoms with Crippen LogP contribution in [0.25, 0.3) is 21.8 Å². The molecule has 4 aromatic rings. The Morgan fingerprint density at radius 2 is 1.32 bits per heavy atom. The molecular formula is C32H40N6O5S. The second kappa shape index (κ2) is 14.9. The van der Waals surface area contributed by atoms with Crippen LogP contribution in [0.2, 0.25) is 0 Å². The number of benzene rings is 2. The lowest BCUT2D eigenvalue weighted by Crippen LogP contribution is -2.59. The van der Waals surface area contributed by atoms with Crippen LogP contribution < -0.4 is 21.7 Å². The molecule has 4 unspecified atom stereocenters. The van der Waals surface area contributed by atoms with Gasteiger partial charge in [0.2, 0.25) is 17.7 Å². The third kappa shape index (κ3) is 8.00. The largest absolute Gasteiger partial charge is 0.480 e. The Kier molecular flexibility index (Phi) is 11.1. The van der Waals surface area contributed by atoms with Gasteiger partial charge in [0.15, 0.2) is 0 Å². The molecule has 4 atom stereocenters. The van der Waals surface area contributed by atoms with Crippen LogP contribution >= 0.6 is 11.8 Å². The third-order valence-corrected chi connectivity index (χ3v) is 8.31. The van der Waals surface area contributed by atoms with Gasteiger partial charge in [-0.25, -0.2) is 4.79 Å². The van der Waals surface area contributed by atoms with E-state index in [4.69, 9.17) is 5.73 Å². The summed E-state index contributed by atoms with van der Waals surface area (Å²) in [6.45, 7) is 3.51. The van der Waals surface area contributed by atoms with E-state index in [2.05, 4.69) is 25.9 Å². The van der Waals surface area contributed by atoms with Crippen molar-refractivity contribution in [3.8, 4) is 0 Å². The number of aromatic amines is 2. The first-order chi connectivity index (χ1) is 21.1. The lowest BCUT2D eigenvalue weighted by molar-refractivity contribution is -0.142. The molecule has 4 rings (SSSR count). The summed E-state index contributed by atoms with van der Waals surface area (Å²) in [5, 5.41) is 19.9. The molecule has 0 fully saturated rings. The minimum atomic E-state index is -1.23. The number of rotatable bonds is 15. The average molecular weight is 621 g/mol. The Hall–Kier alpha value is -4.29. The first-order valence-corrected chi connectivity index (χ1v) is 16.0. The molecule has 2 aromatic carbocycles. The molecule has 0 saturated carbocycles. The maximum absolute atomic E-state index is 13.7. The molecule has 0 aliphatic heterocycles. The van der Waals surface area contributed by atoms with Gasteiger partial charge >= 0.3 is 5.97 Å². The fraction of sp³-hybridized carbons (Fsp3) is 0.375. The zero-order valence-electron chi connectivity index (χ0n) is 25.1. The van der Waals surface area contributed by atoms with Crippen molar-refractivity contribution in [3.63, 3.8) is 0 Å². The monoisotopic (exact) mass is 620 g/mol. The van der Waals surface area contributed by atoms with Gasteiger partial charge in [0.1, 0.15) is 18.1 Å². The van der Waals surface area contributed by atoms with E-state index in [0.717, 1.165) is 32.9 Å². The quantitative estimate of drug-likeness (QED) is 0.107. The number of nitrogens with two attached hydrogens (primary N) is 1. The number of carbonyl (C=O) groups excluding carboxylic acids is 3. The van der Waals surface area contributed by atoms with Crippen LogP contribution in [0, 0.1) is 5.92 Å². The van der Waals surface area contributed by atoms with Gasteiger partial charge in [0, 0.05) is 47.0 Å². The van der Waals surface area contributed by atoms with Crippen LogP contribution in [0.15, 0.2) is 60.9 Å². The van der Waals surface area contributed by atoms with Gasteiger partial charge in [-0.2, -0.15) is 11.8 Å². The zero-order chi connectivity index (χ0) is 31.8. The van der Waals surface area contributed by atoms with E-state index in [1.807, 2.05) is 54.8 Å². The molecule has 0 spiro atoms. The van der Waals surface area contributed by atoms with Gasteiger partial charge in [0.05, 0.1) is 6.04 Å². The highest BCUT2D eigenvalue weighted by Gasteiger charge is 2.32. The number of amides is 3. The molecule has 2 aromatic heterocycles. The number of carboxylic acid groups (broad SMARTS) is 1. The lowest BCUT2D eigenvalue weighted by Gasteiger charge is -2.27. The van der Waals surface area contributed by atoms with Crippen LogP contribution in [-0.4, -0.2) is 74.9 Å². The Morgan fingerprint density at radius 1 is 0.795 bits per heavy atom. The zero-order valence-corrected chi connectivity index (χ0v) is 25.9. The molecule has 8 N–H and O–H groups in total. The second-order valence-corrected chi connectivity index (χ2v) is 12.2. The molecule has 3 amide bonds. The van der Waals surface area contributed by atoms with E-state index in [-0.39, 0.29) is 18.8 Å². The highest BCUT2D eigenvalue weighted by Crippen LogP contribution is 2.21. The Balaban J connectivity index is 1.52. The predicted octanol–water partition coefficient (Wildman–Crippen LogP) is 2.71. The normalized spacial score (nSPS) is 14.2. The van der Waals surface area contributed by atoms with Gasteiger partial charge in [-0.3, -0.25) is 14.4 Å². The summed E-state index contributed by atoms with van der Waals surface area (Å²) in [7, 11) is 0. The van der Waals surface area contributed by atoms with E-state index >= 15 is 0 Å². The molecule has 0 saturated heterocycles. The van der Waals surface area contributed by atoms with E-state index in [1.54, 1.807) is 38.0 Å². The second-order valence-electron chi connectivity index (χ2n) is 11.2. The lowest BCUT2D eigenvalue weighted by atomic mass is 9.99. The predicted molar refractivity (Wildman–Crippen MR) is 173 cm³/mol. The number of para-hydroxylation sites is 2. The van der Waals surface area contributed by atoms with Crippen molar-refractivity contribution in [2.75, 3.05) is 12.0 Å². The summed E-state index contributed by atoms with van der Waals surface area (Å²) in [6.07, 6.45) is 6.09.